The third kappa shape index (κ3) is 2.73. The lowest BCUT2D eigenvalue weighted by Crippen LogP contribution is -2.30. The molecule has 2 unspecified atom stereocenters. The first kappa shape index (κ1) is 17.1. The molecule has 28 heavy (non-hydrogen) atoms. The monoisotopic (exact) mass is 402 g/mol. The summed E-state index contributed by atoms with van der Waals surface area (Å²) in [7, 11) is -3.40. The molecule has 2 atom stereocenters. The highest BCUT2D eigenvalue weighted by Crippen LogP contribution is 2.65. The summed E-state index contributed by atoms with van der Waals surface area (Å²) in [5.41, 5.74) is 2.12. The molecule has 5 aliphatic carbocycles. The summed E-state index contributed by atoms with van der Waals surface area (Å²) in [5.74, 6) is 4.35. The van der Waals surface area contributed by atoms with Crippen molar-refractivity contribution in [1.29, 1.82) is 0 Å². The molecule has 4 bridgehead atoms. The number of hydrogen-bond donors (Lipinski definition) is 1. The molecular weight excluding hydrogens is 376 g/mol. The molecule has 0 spiro atoms. The molecule has 1 heterocycles. The number of nitrogens with zero attached hydrogens (tertiary/aromatic N) is 1. The highest BCUT2D eigenvalue weighted by Gasteiger charge is 2.58. The van der Waals surface area contributed by atoms with E-state index >= 15 is 0 Å². The Balaban J connectivity index is 1.32. The van der Waals surface area contributed by atoms with E-state index in [2.05, 4.69) is 9.88 Å². The van der Waals surface area contributed by atoms with Crippen molar-refractivity contribution < 1.29 is 17.7 Å². The topological polar surface area (TPSA) is 81.4 Å². The van der Waals surface area contributed by atoms with Crippen LogP contribution in [0.4, 0.5) is 5.82 Å². The number of ether oxygens (including phenoxy) is 1. The minimum absolute atomic E-state index is 0.260. The largest absolute Gasteiger partial charge is 0.493 e. The van der Waals surface area contributed by atoms with Gasteiger partial charge in [-0.2, -0.15) is 0 Å². The van der Waals surface area contributed by atoms with Crippen LogP contribution in [0.15, 0.2) is 16.7 Å². The molecule has 7 rings (SSSR count). The van der Waals surface area contributed by atoms with Crippen molar-refractivity contribution >= 4 is 26.8 Å². The number of fused-ring (bicyclic) bond motifs is 1. The Morgan fingerprint density at radius 2 is 1.96 bits per heavy atom. The Bertz CT molecular complexity index is 1040. The van der Waals surface area contributed by atoms with Crippen molar-refractivity contribution in [1.82, 2.24) is 5.16 Å². The van der Waals surface area contributed by atoms with Gasteiger partial charge in [-0.3, -0.25) is 4.72 Å². The molecule has 2 aromatic rings. The second-order valence-corrected chi connectivity index (χ2v) is 11.5. The number of rotatable bonds is 6. The molecular formula is C21H26N2O4S. The Morgan fingerprint density at radius 3 is 2.64 bits per heavy atom. The van der Waals surface area contributed by atoms with Gasteiger partial charge in [-0.05, 0) is 80.2 Å². The molecule has 0 aliphatic heterocycles. The van der Waals surface area contributed by atoms with Gasteiger partial charge >= 0.3 is 0 Å². The quantitative estimate of drug-likeness (QED) is 0.780. The molecule has 1 aromatic carbocycles. The Morgan fingerprint density at radius 1 is 1.21 bits per heavy atom. The van der Waals surface area contributed by atoms with Crippen LogP contribution in [0.3, 0.4) is 0 Å². The predicted molar refractivity (Wildman–Crippen MR) is 106 cm³/mol. The second-order valence-electron chi connectivity index (χ2n) is 9.76. The zero-order chi connectivity index (χ0) is 19.1. The van der Waals surface area contributed by atoms with Crippen molar-refractivity contribution in [3.63, 3.8) is 0 Å². The second kappa shape index (κ2) is 5.65. The first-order chi connectivity index (χ1) is 13.4. The van der Waals surface area contributed by atoms with Crippen LogP contribution in [0.5, 0.6) is 5.75 Å². The highest BCUT2D eigenvalue weighted by atomic mass is 32.2. The third-order valence-corrected chi connectivity index (χ3v) is 8.14. The van der Waals surface area contributed by atoms with Gasteiger partial charge in [-0.25, -0.2) is 8.42 Å². The predicted octanol–water partition coefficient (Wildman–Crippen LogP) is 4.28. The first-order valence-corrected chi connectivity index (χ1v) is 12.3. The number of sulfonamides is 1. The van der Waals surface area contributed by atoms with Gasteiger partial charge in [0.15, 0.2) is 11.4 Å². The van der Waals surface area contributed by atoms with Crippen molar-refractivity contribution in [2.24, 2.45) is 23.2 Å². The molecule has 0 amide bonds. The summed E-state index contributed by atoms with van der Waals surface area (Å²) < 4.78 is 37.6. The van der Waals surface area contributed by atoms with Gasteiger partial charge in [0.05, 0.1) is 18.2 Å². The number of benzene rings is 1. The van der Waals surface area contributed by atoms with E-state index in [1.807, 2.05) is 12.1 Å². The molecule has 1 aromatic heterocycles. The van der Waals surface area contributed by atoms with Gasteiger partial charge in [0, 0.05) is 11.5 Å². The molecule has 7 heteroatoms. The summed E-state index contributed by atoms with van der Waals surface area (Å²) in [6, 6.07) is 3.93. The first-order valence-electron chi connectivity index (χ1n) is 10.4. The Hall–Kier alpha value is -1.76. The van der Waals surface area contributed by atoms with E-state index in [-0.39, 0.29) is 5.82 Å². The van der Waals surface area contributed by atoms with Crippen molar-refractivity contribution in [2.75, 3.05) is 17.6 Å². The minimum atomic E-state index is -3.40. The fourth-order valence-electron chi connectivity index (χ4n) is 6.49. The number of nitrogens with one attached hydrogen (secondary N) is 1. The van der Waals surface area contributed by atoms with E-state index in [4.69, 9.17) is 9.26 Å². The van der Waals surface area contributed by atoms with Gasteiger partial charge in [0.2, 0.25) is 10.0 Å². The Labute approximate surface area is 165 Å². The van der Waals surface area contributed by atoms with Crippen molar-refractivity contribution in [3.8, 4) is 5.75 Å². The zero-order valence-electron chi connectivity index (χ0n) is 16.1. The van der Waals surface area contributed by atoms with Gasteiger partial charge in [-0.15, -0.1) is 0 Å². The van der Waals surface area contributed by atoms with Gasteiger partial charge in [0.1, 0.15) is 5.75 Å². The maximum Gasteiger partial charge on any atom is 0.231 e. The number of aromatic nitrogens is 1. The van der Waals surface area contributed by atoms with Crippen LogP contribution < -0.4 is 9.46 Å². The fraction of sp³-hybridized carbons (Fsp3) is 0.667. The van der Waals surface area contributed by atoms with E-state index in [1.165, 1.54) is 37.7 Å². The van der Waals surface area contributed by atoms with E-state index in [9.17, 15) is 8.42 Å². The standard InChI is InChI=1S/C21H26N2O4S/c1-28(24,25)23-20-17-7-16(14-2-3-14)18(8-19(17)27-22-20)26-11-21-9-12-4-13(10-21)6-15(21)5-12/h7-8,12-15H,2-6,9-11H2,1H3,(H,22,23). The van der Waals surface area contributed by atoms with Gasteiger partial charge in [0.25, 0.3) is 0 Å². The molecule has 1 N–H and O–H groups in total. The van der Waals surface area contributed by atoms with Crippen LogP contribution in [0, 0.1) is 23.2 Å². The molecule has 5 fully saturated rings. The molecule has 5 aliphatic rings. The van der Waals surface area contributed by atoms with Crippen molar-refractivity contribution in [3.05, 3.63) is 17.7 Å². The normalized spacial score (nSPS) is 33.7. The fourth-order valence-corrected chi connectivity index (χ4v) is 6.99. The maximum atomic E-state index is 11.6. The average molecular weight is 403 g/mol. The van der Waals surface area contributed by atoms with Crippen LogP contribution in [0.1, 0.15) is 56.4 Å². The van der Waals surface area contributed by atoms with Gasteiger partial charge in [-0.1, -0.05) is 5.16 Å². The molecule has 150 valence electrons. The lowest BCUT2D eigenvalue weighted by molar-refractivity contribution is 0.105. The van der Waals surface area contributed by atoms with Crippen LogP contribution in [-0.2, 0) is 10.0 Å². The summed E-state index contributed by atoms with van der Waals surface area (Å²) in [6.07, 6.45) is 10.3. The van der Waals surface area contributed by atoms with Crippen LogP contribution in [0.25, 0.3) is 11.0 Å². The minimum Gasteiger partial charge on any atom is -0.493 e. The Kier molecular flexibility index (Phi) is 3.46. The zero-order valence-corrected chi connectivity index (χ0v) is 16.9. The number of anilines is 1. The van der Waals surface area contributed by atoms with E-state index < -0.39 is 10.0 Å². The van der Waals surface area contributed by atoms with Crippen LogP contribution in [-0.4, -0.2) is 26.4 Å². The number of hydrogen-bond acceptors (Lipinski definition) is 5. The lowest BCUT2D eigenvalue weighted by atomic mass is 9.76. The van der Waals surface area contributed by atoms with E-state index in [0.29, 0.717) is 22.3 Å². The van der Waals surface area contributed by atoms with Gasteiger partial charge < -0.3 is 9.26 Å². The van der Waals surface area contributed by atoms with Crippen LogP contribution >= 0.6 is 0 Å². The average Bonchev–Trinajstić information content (AvgIpc) is 3.30. The highest BCUT2D eigenvalue weighted by molar-refractivity contribution is 7.92. The molecule has 6 nitrogen and oxygen atoms in total. The SMILES string of the molecule is CS(=O)(=O)Nc1noc2cc(OCC34CC5CC(CC3C5)C4)c(C3CC3)cc12. The van der Waals surface area contributed by atoms with E-state index in [0.717, 1.165) is 49.2 Å². The summed E-state index contributed by atoms with van der Waals surface area (Å²) in [4.78, 5) is 0. The third-order valence-electron chi connectivity index (χ3n) is 7.58. The summed E-state index contributed by atoms with van der Waals surface area (Å²) in [5, 5.41) is 4.63. The molecule has 0 saturated heterocycles. The lowest BCUT2D eigenvalue weighted by Gasteiger charge is -2.32. The summed E-state index contributed by atoms with van der Waals surface area (Å²) in [6.45, 7) is 0.804. The van der Waals surface area contributed by atoms with Crippen LogP contribution in [0.2, 0.25) is 0 Å². The van der Waals surface area contributed by atoms with E-state index in [1.54, 1.807) is 0 Å². The smallest absolute Gasteiger partial charge is 0.231 e. The molecule has 0 radical (unpaired) electrons. The maximum absolute atomic E-state index is 11.6. The van der Waals surface area contributed by atoms with Crippen molar-refractivity contribution in [2.45, 2.75) is 50.9 Å². The summed E-state index contributed by atoms with van der Waals surface area (Å²) >= 11 is 0. The molecule has 5 saturated carbocycles.